The number of fused-ring (bicyclic) bond motifs is 1. The first-order chi connectivity index (χ1) is 8.65. The number of halogens is 1. The molecule has 5 nitrogen and oxygen atoms in total. The summed E-state index contributed by atoms with van der Waals surface area (Å²) >= 11 is 6.16. The number of nitrogens with two attached hydrogens (primary N) is 1. The van der Waals surface area contributed by atoms with Crippen molar-refractivity contribution in [3.8, 4) is 11.4 Å². The number of aryl methyl sites for hydroxylation is 1. The quantitative estimate of drug-likeness (QED) is 0.681. The first kappa shape index (κ1) is 11.0. The largest absolute Gasteiger partial charge is 0.399 e. The Bertz CT molecular complexity index is 734. The van der Waals surface area contributed by atoms with Crippen LogP contribution in [0.15, 0.2) is 30.6 Å². The van der Waals surface area contributed by atoms with Crippen molar-refractivity contribution in [3.63, 3.8) is 0 Å². The summed E-state index contributed by atoms with van der Waals surface area (Å²) in [5.74, 6) is 0.634. The van der Waals surface area contributed by atoms with Gasteiger partial charge in [-0.05, 0) is 25.1 Å². The molecule has 0 spiro atoms. The number of hydrogen-bond acceptors (Lipinski definition) is 4. The molecule has 2 N–H and O–H groups in total. The van der Waals surface area contributed by atoms with Crippen molar-refractivity contribution < 1.29 is 0 Å². The van der Waals surface area contributed by atoms with E-state index in [2.05, 4.69) is 15.2 Å². The lowest BCUT2D eigenvalue weighted by molar-refractivity contribution is 1.05. The third kappa shape index (κ3) is 1.69. The van der Waals surface area contributed by atoms with Gasteiger partial charge >= 0.3 is 0 Å². The summed E-state index contributed by atoms with van der Waals surface area (Å²) in [7, 11) is 0. The van der Waals surface area contributed by atoms with Gasteiger partial charge in [0.25, 0.3) is 0 Å². The van der Waals surface area contributed by atoms with E-state index < -0.39 is 0 Å². The predicted octanol–water partition coefficient (Wildman–Crippen LogP) is 2.34. The van der Waals surface area contributed by atoms with Gasteiger partial charge in [-0.2, -0.15) is 0 Å². The highest BCUT2D eigenvalue weighted by atomic mass is 35.5. The van der Waals surface area contributed by atoms with Gasteiger partial charge in [-0.1, -0.05) is 11.6 Å². The van der Waals surface area contributed by atoms with E-state index >= 15 is 0 Å². The fraction of sp³-hybridized carbons (Fsp3) is 0.0833. The van der Waals surface area contributed by atoms with Crippen LogP contribution in [-0.2, 0) is 0 Å². The van der Waals surface area contributed by atoms with Gasteiger partial charge in [0.1, 0.15) is 6.33 Å². The molecule has 1 aromatic carbocycles. The van der Waals surface area contributed by atoms with Crippen molar-refractivity contribution in [1.29, 1.82) is 0 Å². The summed E-state index contributed by atoms with van der Waals surface area (Å²) in [6.07, 6.45) is 1.68. The van der Waals surface area contributed by atoms with Gasteiger partial charge in [-0.25, -0.2) is 4.98 Å². The minimum atomic E-state index is 0.582. The number of hydrogen-bond donors (Lipinski definition) is 1. The molecule has 0 radical (unpaired) electrons. The van der Waals surface area contributed by atoms with Crippen molar-refractivity contribution in [2.75, 3.05) is 5.73 Å². The first-order valence-corrected chi connectivity index (χ1v) is 5.76. The molecule has 0 aliphatic rings. The molecule has 0 amide bonds. The Labute approximate surface area is 108 Å². The summed E-state index contributed by atoms with van der Waals surface area (Å²) in [4.78, 5) is 4.23. The molecule has 0 aliphatic carbocycles. The standard InChI is InChI=1S/C12H10ClN5/c1-7-4-11-16-17-12(18(11)6-15-7)9-5-8(14)2-3-10(9)13/h2-6H,14H2,1H3. The second kappa shape index (κ2) is 3.96. The normalized spacial score (nSPS) is 11.0. The number of nitrogen functional groups attached to an aromatic ring is 1. The van der Waals surface area contributed by atoms with Crippen molar-refractivity contribution in [1.82, 2.24) is 19.6 Å². The second-order valence-corrected chi connectivity index (χ2v) is 4.43. The zero-order chi connectivity index (χ0) is 12.7. The molecule has 3 rings (SSSR count). The molecule has 0 saturated heterocycles. The van der Waals surface area contributed by atoms with Crippen LogP contribution in [0.2, 0.25) is 5.02 Å². The molecule has 0 bridgehead atoms. The third-order valence-electron chi connectivity index (χ3n) is 2.67. The van der Waals surface area contributed by atoms with E-state index in [-0.39, 0.29) is 0 Å². The van der Waals surface area contributed by atoms with Crippen molar-refractivity contribution in [2.45, 2.75) is 6.92 Å². The molecule has 18 heavy (non-hydrogen) atoms. The molecule has 0 saturated carbocycles. The molecule has 90 valence electrons. The van der Waals surface area contributed by atoms with Crippen LogP contribution >= 0.6 is 11.6 Å². The van der Waals surface area contributed by atoms with Crippen molar-refractivity contribution >= 4 is 22.9 Å². The monoisotopic (exact) mass is 259 g/mol. The average molecular weight is 260 g/mol. The molecule has 2 heterocycles. The van der Waals surface area contributed by atoms with Gasteiger partial charge < -0.3 is 5.73 Å². The molecule has 3 aromatic rings. The molecular weight excluding hydrogens is 250 g/mol. The first-order valence-electron chi connectivity index (χ1n) is 5.38. The topological polar surface area (TPSA) is 69.1 Å². The Kier molecular flexibility index (Phi) is 2.41. The Morgan fingerprint density at radius 1 is 1.22 bits per heavy atom. The van der Waals surface area contributed by atoms with E-state index in [0.29, 0.717) is 16.5 Å². The highest BCUT2D eigenvalue weighted by molar-refractivity contribution is 6.33. The van der Waals surface area contributed by atoms with Crippen LogP contribution in [0.4, 0.5) is 5.69 Å². The molecule has 0 fully saturated rings. The predicted molar refractivity (Wildman–Crippen MR) is 70.4 cm³/mol. The van der Waals surface area contributed by atoms with E-state index in [1.165, 1.54) is 0 Å². The summed E-state index contributed by atoms with van der Waals surface area (Å²) in [6.45, 7) is 1.90. The molecule has 6 heteroatoms. The minimum absolute atomic E-state index is 0.582. The maximum atomic E-state index is 6.16. The summed E-state index contributed by atoms with van der Waals surface area (Å²) < 4.78 is 1.79. The fourth-order valence-electron chi connectivity index (χ4n) is 1.79. The Morgan fingerprint density at radius 3 is 2.89 bits per heavy atom. The van der Waals surface area contributed by atoms with Crippen LogP contribution in [0.3, 0.4) is 0 Å². The van der Waals surface area contributed by atoms with Crippen LogP contribution < -0.4 is 5.73 Å². The Balaban J connectivity index is 2.28. The summed E-state index contributed by atoms with van der Waals surface area (Å²) in [6, 6.07) is 7.13. The number of anilines is 1. The number of aromatic nitrogens is 4. The van der Waals surface area contributed by atoms with Crippen LogP contribution in [0.25, 0.3) is 17.0 Å². The average Bonchev–Trinajstić information content (AvgIpc) is 2.75. The van der Waals surface area contributed by atoms with Crippen LogP contribution in [0, 0.1) is 6.92 Å². The van der Waals surface area contributed by atoms with Gasteiger partial charge in [0, 0.05) is 23.0 Å². The zero-order valence-electron chi connectivity index (χ0n) is 9.63. The second-order valence-electron chi connectivity index (χ2n) is 4.02. The highest BCUT2D eigenvalue weighted by Gasteiger charge is 2.12. The maximum Gasteiger partial charge on any atom is 0.171 e. The van der Waals surface area contributed by atoms with Crippen molar-refractivity contribution in [3.05, 3.63) is 41.3 Å². The van der Waals surface area contributed by atoms with E-state index in [0.717, 1.165) is 16.9 Å². The Hall–Kier alpha value is -2.14. The zero-order valence-corrected chi connectivity index (χ0v) is 10.4. The lowest BCUT2D eigenvalue weighted by Gasteiger charge is -2.03. The number of benzene rings is 1. The fourth-order valence-corrected chi connectivity index (χ4v) is 1.99. The van der Waals surface area contributed by atoms with Gasteiger partial charge in [-0.3, -0.25) is 4.40 Å². The lowest BCUT2D eigenvalue weighted by atomic mass is 10.2. The summed E-state index contributed by atoms with van der Waals surface area (Å²) in [5.41, 5.74) is 8.77. The Morgan fingerprint density at radius 2 is 2.06 bits per heavy atom. The number of rotatable bonds is 1. The summed E-state index contributed by atoms with van der Waals surface area (Å²) in [5, 5.41) is 8.82. The van der Waals surface area contributed by atoms with Crippen molar-refractivity contribution in [2.24, 2.45) is 0 Å². The molecular formula is C12H10ClN5. The van der Waals surface area contributed by atoms with Gasteiger partial charge in [0.05, 0.1) is 5.02 Å². The maximum absolute atomic E-state index is 6.16. The SMILES string of the molecule is Cc1cc2nnc(-c3cc(N)ccc3Cl)n2cn1. The molecule has 0 unspecified atom stereocenters. The van der Waals surface area contributed by atoms with E-state index in [1.54, 1.807) is 28.9 Å². The minimum Gasteiger partial charge on any atom is -0.399 e. The molecule has 2 aromatic heterocycles. The van der Waals surface area contributed by atoms with Gasteiger partial charge in [-0.15, -0.1) is 10.2 Å². The van der Waals surface area contributed by atoms with E-state index in [4.69, 9.17) is 17.3 Å². The molecule has 0 aliphatic heterocycles. The lowest BCUT2D eigenvalue weighted by Crippen LogP contribution is -1.94. The highest BCUT2D eigenvalue weighted by Crippen LogP contribution is 2.28. The van der Waals surface area contributed by atoms with Crippen LogP contribution in [-0.4, -0.2) is 19.6 Å². The van der Waals surface area contributed by atoms with Crippen LogP contribution in [0.1, 0.15) is 5.69 Å². The van der Waals surface area contributed by atoms with E-state index in [9.17, 15) is 0 Å². The van der Waals surface area contributed by atoms with Crippen LogP contribution in [0.5, 0.6) is 0 Å². The van der Waals surface area contributed by atoms with Gasteiger partial charge in [0.2, 0.25) is 0 Å². The third-order valence-corrected chi connectivity index (χ3v) is 3.00. The van der Waals surface area contributed by atoms with E-state index in [1.807, 2.05) is 13.0 Å². The number of nitrogens with zero attached hydrogens (tertiary/aromatic N) is 4. The van der Waals surface area contributed by atoms with Gasteiger partial charge in [0.15, 0.2) is 11.5 Å². The molecule has 0 atom stereocenters. The smallest absolute Gasteiger partial charge is 0.171 e.